The first kappa shape index (κ1) is 14.6. The fraction of sp³-hybridized carbons (Fsp3) is 0. The molecule has 0 fully saturated rings. The van der Waals surface area contributed by atoms with Gasteiger partial charge in [0.15, 0.2) is 17.3 Å². The number of aromatic nitrogens is 2. The van der Waals surface area contributed by atoms with Gasteiger partial charge in [-0.05, 0) is 0 Å². The third kappa shape index (κ3) is 2.98. The lowest BCUT2D eigenvalue weighted by molar-refractivity contribution is 0.0686. The smallest absolute Gasteiger partial charge is 0.355 e. The molecular formula is C18H12N2O3. The van der Waals surface area contributed by atoms with Gasteiger partial charge >= 0.3 is 5.97 Å². The van der Waals surface area contributed by atoms with E-state index in [-0.39, 0.29) is 17.1 Å². The molecule has 0 aliphatic rings. The van der Waals surface area contributed by atoms with Crippen molar-refractivity contribution in [2.45, 2.75) is 0 Å². The third-order valence-corrected chi connectivity index (χ3v) is 3.30. The molecule has 0 spiro atoms. The monoisotopic (exact) mass is 304 g/mol. The molecule has 1 heterocycles. The number of hydrogen-bond donors (Lipinski definition) is 1. The minimum atomic E-state index is -1.26. The molecule has 0 amide bonds. The van der Waals surface area contributed by atoms with Crippen LogP contribution >= 0.6 is 0 Å². The number of carbonyl (C=O) groups is 2. The van der Waals surface area contributed by atoms with Crippen LogP contribution in [0.25, 0.3) is 11.4 Å². The van der Waals surface area contributed by atoms with Gasteiger partial charge in [0, 0.05) is 17.3 Å². The van der Waals surface area contributed by atoms with E-state index in [1.807, 2.05) is 18.2 Å². The maximum absolute atomic E-state index is 12.5. The van der Waals surface area contributed by atoms with Gasteiger partial charge in [0.1, 0.15) is 0 Å². The molecule has 23 heavy (non-hydrogen) atoms. The number of carboxylic acid groups (broad SMARTS) is 1. The molecule has 0 aliphatic carbocycles. The molecule has 0 unspecified atom stereocenters. The second-order valence-corrected chi connectivity index (χ2v) is 4.82. The van der Waals surface area contributed by atoms with E-state index in [0.717, 1.165) is 0 Å². The van der Waals surface area contributed by atoms with Crippen LogP contribution in [0.3, 0.4) is 0 Å². The highest BCUT2D eigenvalue weighted by atomic mass is 16.4. The van der Waals surface area contributed by atoms with Crippen molar-refractivity contribution in [3.05, 3.63) is 83.7 Å². The summed E-state index contributed by atoms with van der Waals surface area (Å²) in [6.07, 6.45) is 1.27. The number of ketones is 1. The molecule has 1 N–H and O–H groups in total. The SMILES string of the molecule is O=C(c1ccccc1)c1cnc(-c2ccccc2)nc1C(=O)O. The lowest BCUT2D eigenvalue weighted by Gasteiger charge is -2.07. The van der Waals surface area contributed by atoms with Crippen molar-refractivity contribution in [3.63, 3.8) is 0 Å². The van der Waals surface area contributed by atoms with Crippen LogP contribution < -0.4 is 0 Å². The molecule has 0 aliphatic heterocycles. The molecule has 1 aromatic heterocycles. The number of benzene rings is 2. The van der Waals surface area contributed by atoms with Crippen molar-refractivity contribution >= 4 is 11.8 Å². The van der Waals surface area contributed by atoms with Crippen molar-refractivity contribution in [2.24, 2.45) is 0 Å². The van der Waals surface area contributed by atoms with Crippen LogP contribution in [-0.4, -0.2) is 26.8 Å². The van der Waals surface area contributed by atoms with Gasteiger partial charge in [-0.15, -0.1) is 0 Å². The molecule has 0 atom stereocenters. The Kier molecular flexibility index (Phi) is 3.93. The molecule has 5 heteroatoms. The number of aromatic carboxylic acids is 1. The van der Waals surface area contributed by atoms with Crippen LogP contribution in [0, 0.1) is 0 Å². The Labute approximate surface area is 132 Å². The molecule has 5 nitrogen and oxygen atoms in total. The molecule has 0 radical (unpaired) electrons. The predicted molar refractivity (Wildman–Crippen MR) is 84.3 cm³/mol. The van der Waals surface area contributed by atoms with E-state index in [1.165, 1.54) is 6.20 Å². The van der Waals surface area contributed by atoms with Crippen LogP contribution in [0.15, 0.2) is 66.9 Å². The van der Waals surface area contributed by atoms with Gasteiger partial charge < -0.3 is 5.11 Å². The first-order valence-corrected chi connectivity index (χ1v) is 6.92. The standard InChI is InChI=1S/C18H12N2O3/c21-16(12-7-3-1-4-8-12)14-11-19-17(20-15(14)18(22)23)13-9-5-2-6-10-13/h1-11H,(H,22,23). The predicted octanol–water partition coefficient (Wildman–Crippen LogP) is 3.07. The first-order valence-electron chi connectivity index (χ1n) is 6.92. The van der Waals surface area contributed by atoms with E-state index in [0.29, 0.717) is 11.1 Å². The van der Waals surface area contributed by atoms with Gasteiger partial charge in [0.05, 0.1) is 5.56 Å². The van der Waals surface area contributed by atoms with Crippen LogP contribution in [0.4, 0.5) is 0 Å². The van der Waals surface area contributed by atoms with Crippen LogP contribution in [0.2, 0.25) is 0 Å². The Bertz CT molecular complexity index is 862. The number of rotatable bonds is 4. The molecule has 3 rings (SSSR count). The largest absolute Gasteiger partial charge is 0.476 e. The quantitative estimate of drug-likeness (QED) is 0.749. The molecule has 0 bridgehead atoms. The summed E-state index contributed by atoms with van der Waals surface area (Å²) < 4.78 is 0. The molecule has 3 aromatic rings. The number of nitrogens with zero attached hydrogens (tertiary/aromatic N) is 2. The van der Waals surface area contributed by atoms with E-state index in [9.17, 15) is 14.7 Å². The van der Waals surface area contributed by atoms with Crippen molar-refractivity contribution in [3.8, 4) is 11.4 Å². The number of carbonyl (C=O) groups excluding carboxylic acids is 1. The maximum Gasteiger partial charge on any atom is 0.355 e. The summed E-state index contributed by atoms with van der Waals surface area (Å²) in [4.78, 5) is 32.2. The lowest BCUT2D eigenvalue weighted by atomic mass is 10.0. The van der Waals surface area contributed by atoms with E-state index in [2.05, 4.69) is 9.97 Å². The summed E-state index contributed by atoms with van der Waals surface area (Å²) in [6.45, 7) is 0. The highest BCUT2D eigenvalue weighted by molar-refractivity contribution is 6.13. The van der Waals surface area contributed by atoms with Crippen molar-refractivity contribution in [1.82, 2.24) is 9.97 Å². The van der Waals surface area contributed by atoms with E-state index in [1.54, 1.807) is 42.5 Å². The zero-order valence-electron chi connectivity index (χ0n) is 12.0. The Morgan fingerprint density at radius 1 is 0.870 bits per heavy atom. The van der Waals surface area contributed by atoms with E-state index < -0.39 is 11.8 Å². The van der Waals surface area contributed by atoms with Gasteiger partial charge in [-0.3, -0.25) is 4.79 Å². The summed E-state index contributed by atoms with van der Waals surface area (Å²) in [5.41, 5.74) is 0.760. The van der Waals surface area contributed by atoms with Gasteiger partial charge in [0.2, 0.25) is 0 Å². The molecule has 0 saturated heterocycles. The zero-order chi connectivity index (χ0) is 16.2. The maximum atomic E-state index is 12.5. The van der Waals surface area contributed by atoms with Gasteiger partial charge in [0.25, 0.3) is 0 Å². The number of hydrogen-bond acceptors (Lipinski definition) is 4. The van der Waals surface area contributed by atoms with Gasteiger partial charge in [-0.1, -0.05) is 60.7 Å². The average molecular weight is 304 g/mol. The minimum Gasteiger partial charge on any atom is -0.476 e. The lowest BCUT2D eigenvalue weighted by Crippen LogP contribution is -2.13. The zero-order valence-corrected chi connectivity index (χ0v) is 12.0. The highest BCUT2D eigenvalue weighted by Gasteiger charge is 2.21. The summed E-state index contributed by atoms with van der Waals surface area (Å²) in [6, 6.07) is 17.5. The van der Waals surface area contributed by atoms with Crippen LogP contribution in [-0.2, 0) is 0 Å². The van der Waals surface area contributed by atoms with Crippen molar-refractivity contribution in [1.29, 1.82) is 0 Å². The third-order valence-electron chi connectivity index (χ3n) is 3.30. The Balaban J connectivity index is 2.08. The minimum absolute atomic E-state index is 0.0246. The summed E-state index contributed by atoms with van der Waals surface area (Å²) >= 11 is 0. The van der Waals surface area contributed by atoms with Crippen molar-refractivity contribution in [2.75, 3.05) is 0 Å². The van der Waals surface area contributed by atoms with E-state index >= 15 is 0 Å². The van der Waals surface area contributed by atoms with Gasteiger partial charge in [-0.25, -0.2) is 14.8 Å². The second kappa shape index (κ2) is 6.19. The Morgan fingerprint density at radius 3 is 2.09 bits per heavy atom. The first-order chi connectivity index (χ1) is 11.2. The molecule has 112 valence electrons. The molecular weight excluding hydrogens is 292 g/mol. The average Bonchev–Trinajstić information content (AvgIpc) is 2.62. The molecule has 2 aromatic carbocycles. The summed E-state index contributed by atoms with van der Waals surface area (Å²) in [7, 11) is 0. The Morgan fingerprint density at radius 2 is 1.48 bits per heavy atom. The molecule has 0 saturated carbocycles. The highest BCUT2D eigenvalue weighted by Crippen LogP contribution is 2.18. The summed E-state index contributed by atoms with van der Waals surface area (Å²) in [5, 5.41) is 9.39. The fourth-order valence-electron chi connectivity index (χ4n) is 2.18. The van der Waals surface area contributed by atoms with Crippen LogP contribution in [0.1, 0.15) is 26.4 Å². The van der Waals surface area contributed by atoms with Crippen LogP contribution in [0.5, 0.6) is 0 Å². The van der Waals surface area contributed by atoms with Gasteiger partial charge in [-0.2, -0.15) is 0 Å². The number of carboxylic acids is 1. The second-order valence-electron chi connectivity index (χ2n) is 4.82. The van der Waals surface area contributed by atoms with Crippen molar-refractivity contribution < 1.29 is 14.7 Å². The topological polar surface area (TPSA) is 80.2 Å². The summed E-state index contributed by atoms with van der Waals surface area (Å²) in [5.74, 6) is -1.40. The Hall–Kier alpha value is -3.34. The van der Waals surface area contributed by atoms with E-state index in [4.69, 9.17) is 0 Å². The normalized spacial score (nSPS) is 10.3. The fourth-order valence-corrected chi connectivity index (χ4v) is 2.18.